The molecule has 0 radical (unpaired) electrons. The predicted octanol–water partition coefficient (Wildman–Crippen LogP) is 9.16. The van der Waals surface area contributed by atoms with Gasteiger partial charge < -0.3 is 10.6 Å². The number of nitrogens with zero attached hydrogens (tertiary/aromatic N) is 3. The summed E-state index contributed by atoms with van der Waals surface area (Å²) in [7, 11) is 0. The Bertz CT molecular complexity index is 1040. The maximum absolute atomic E-state index is 5.54. The minimum atomic E-state index is 0.528. The van der Waals surface area contributed by atoms with Crippen LogP contribution in [-0.4, -0.2) is 16.0 Å². The molecule has 3 aromatic rings. The predicted molar refractivity (Wildman–Crippen MR) is 163 cm³/mol. The van der Waals surface area contributed by atoms with Gasteiger partial charge in [0, 0.05) is 28.7 Å². The van der Waals surface area contributed by atoms with Crippen LogP contribution in [0.25, 0.3) is 5.70 Å². The third-order valence-corrected chi connectivity index (χ3v) is 7.98. The van der Waals surface area contributed by atoms with Gasteiger partial charge in [0.05, 0.1) is 11.4 Å². The highest BCUT2D eigenvalue weighted by atomic mass is 15.2. The van der Waals surface area contributed by atoms with Gasteiger partial charge in [0.1, 0.15) is 6.33 Å². The van der Waals surface area contributed by atoms with Gasteiger partial charge in [-0.1, -0.05) is 88.9 Å². The molecule has 1 aliphatic rings. The number of aromatic nitrogens is 2. The zero-order valence-corrected chi connectivity index (χ0v) is 24.1. The highest BCUT2D eigenvalue weighted by molar-refractivity contribution is 5.64. The van der Waals surface area contributed by atoms with E-state index in [2.05, 4.69) is 96.0 Å². The summed E-state index contributed by atoms with van der Waals surface area (Å²) < 4.78 is 0. The van der Waals surface area contributed by atoms with Crippen molar-refractivity contribution < 1.29 is 0 Å². The fourth-order valence-corrected chi connectivity index (χ4v) is 5.96. The summed E-state index contributed by atoms with van der Waals surface area (Å²) in [5, 5.41) is 0. The number of hydrogen-bond acceptors (Lipinski definition) is 4. The number of para-hydroxylation sites is 2. The average molecular weight is 513 g/mol. The molecule has 0 saturated heterocycles. The van der Waals surface area contributed by atoms with Crippen LogP contribution in [0.3, 0.4) is 0 Å². The van der Waals surface area contributed by atoms with Crippen LogP contribution in [0.1, 0.15) is 95.0 Å². The van der Waals surface area contributed by atoms with E-state index >= 15 is 0 Å². The molecule has 4 nitrogen and oxygen atoms in total. The molecule has 0 spiro atoms. The second kappa shape index (κ2) is 14.7. The van der Waals surface area contributed by atoms with E-state index in [1.807, 2.05) is 13.8 Å². The van der Waals surface area contributed by atoms with Crippen LogP contribution in [0.4, 0.5) is 11.4 Å². The van der Waals surface area contributed by atoms with Gasteiger partial charge in [0.2, 0.25) is 0 Å². The second-order valence-corrected chi connectivity index (χ2v) is 11.2. The minimum absolute atomic E-state index is 0.528. The normalized spacial score (nSPS) is 15.2. The lowest BCUT2D eigenvalue weighted by atomic mass is 9.72. The first kappa shape index (κ1) is 29.4. The maximum atomic E-state index is 5.54. The largest absolute Gasteiger partial charge is 0.399 e. The monoisotopic (exact) mass is 512 g/mol. The molecule has 204 valence electrons. The number of hydrogen-bond donors (Lipinski definition) is 1. The van der Waals surface area contributed by atoms with Gasteiger partial charge in [-0.2, -0.15) is 0 Å². The van der Waals surface area contributed by atoms with E-state index in [-0.39, 0.29) is 0 Å². The van der Waals surface area contributed by atoms with E-state index in [9.17, 15) is 0 Å². The van der Waals surface area contributed by atoms with Crippen molar-refractivity contribution in [3.05, 3.63) is 90.5 Å². The van der Waals surface area contributed by atoms with Crippen molar-refractivity contribution in [3.63, 3.8) is 0 Å². The van der Waals surface area contributed by atoms with E-state index < -0.39 is 0 Å². The molecule has 2 aromatic carbocycles. The molecule has 38 heavy (non-hydrogen) atoms. The fourth-order valence-electron chi connectivity index (χ4n) is 5.96. The van der Waals surface area contributed by atoms with Crippen LogP contribution in [0, 0.1) is 19.3 Å². The molecule has 1 fully saturated rings. The van der Waals surface area contributed by atoms with Crippen molar-refractivity contribution in [3.8, 4) is 0 Å². The van der Waals surface area contributed by atoms with E-state index in [1.54, 1.807) is 0 Å². The number of nitrogens with two attached hydrogens (primary N) is 1. The average Bonchev–Trinajstić information content (AvgIpc) is 2.91. The molecule has 4 heteroatoms. The van der Waals surface area contributed by atoms with E-state index in [4.69, 9.17) is 5.73 Å². The molecule has 2 N–H and O–H groups in total. The van der Waals surface area contributed by atoms with Gasteiger partial charge in [-0.05, 0) is 75.6 Å². The Morgan fingerprint density at radius 2 is 1.42 bits per heavy atom. The van der Waals surface area contributed by atoms with Gasteiger partial charge in [0.25, 0.3) is 0 Å². The molecular weight excluding hydrogens is 464 g/mol. The summed E-state index contributed by atoms with van der Waals surface area (Å²) in [6.45, 7) is 12.3. The van der Waals surface area contributed by atoms with Crippen molar-refractivity contribution >= 4 is 17.1 Å². The quantitative estimate of drug-likeness (QED) is 0.294. The number of anilines is 2. The van der Waals surface area contributed by atoms with Crippen LogP contribution >= 0.6 is 0 Å². The Morgan fingerprint density at radius 1 is 0.895 bits per heavy atom. The van der Waals surface area contributed by atoms with Crippen molar-refractivity contribution in [2.45, 2.75) is 97.9 Å². The lowest BCUT2D eigenvalue weighted by Crippen LogP contribution is -2.31. The Balaban J connectivity index is 0.000000304. The van der Waals surface area contributed by atoms with Crippen LogP contribution in [0.2, 0.25) is 0 Å². The first-order valence-corrected chi connectivity index (χ1v) is 14.5. The van der Waals surface area contributed by atoms with Crippen molar-refractivity contribution in [2.75, 3.05) is 4.90 Å². The topological polar surface area (TPSA) is 55.0 Å². The molecule has 0 bridgehead atoms. The molecule has 1 aliphatic carbocycles. The molecule has 1 atom stereocenters. The zero-order valence-electron chi connectivity index (χ0n) is 24.1. The number of benzene rings is 2. The van der Waals surface area contributed by atoms with Crippen molar-refractivity contribution in [1.29, 1.82) is 0 Å². The van der Waals surface area contributed by atoms with Crippen LogP contribution < -0.4 is 10.6 Å². The highest BCUT2D eigenvalue weighted by Gasteiger charge is 2.27. The maximum Gasteiger partial charge on any atom is 0.115 e. The molecule has 0 amide bonds. The standard InChI is InChI=1S/C26H37N.C8H11N3/c1-3-14-23(19-13-22-26(2)20-11-6-12-21-26)27(24-15-7-4-8-16-24)25-17-9-5-10-18-25;1-5(9)8-6(2)10-4-11-7(8)3/h4-5,7-10,15-18,23H,3,6,11-14,19-22H2,1-2H3;4H,1,9H2,2-3H3. The summed E-state index contributed by atoms with van der Waals surface area (Å²) in [5.74, 6) is 0. The van der Waals surface area contributed by atoms with Gasteiger partial charge in [0.15, 0.2) is 0 Å². The third kappa shape index (κ3) is 8.44. The van der Waals surface area contributed by atoms with Crippen LogP contribution in [-0.2, 0) is 0 Å². The van der Waals surface area contributed by atoms with Gasteiger partial charge in [-0.15, -0.1) is 0 Å². The number of aryl methyl sites for hydroxylation is 2. The second-order valence-electron chi connectivity index (χ2n) is 11.2. The van der Waals surface area contributed by atoms with Crippen molar-refractivity contribution in [2.24, 2.45) is 11.1 Å². The Morgan fingerprint density at radius 3 is 1.87 bits per heavy atom. The summed E-state index contributed by atoms with van der Waals surface area (Å²) in [5.41, 5.74) is 11.9. The zero-order chi connectivity index (χ0) is 27.4. The molecule has 4 rings (SSSR count). The van der Waals surface area contributed by atoms with E-state index in [0.717, 1.165) is 17.0 Å². The van der Waals surface area contributed by atoms with Crippen LogP contribution in [0.5, 0.6) is 0 Å². The molecule has 1 heterocycles. The molecular formula is C34H48N4. The van der Waals surface area contributed by atoms with Crippen molar-refractivity contribution in [1.82, 2.24) is 9.97 Å². The molecule has 1 saturated carbocycles. The van der Waals surface area contributed by atoms with Gasteiger partial charge in [-0.3, -0.25) is 0 Å². The Labute approximate surface area is 231 Å². The summed E-state index contributed by atoms with van der Waals surface area (Å²) in [6.07, 6.45) is 15.2. The van der Waals surface area contributed by atoms with Gasteiger partial charge in [-0.25, -0.2) is 9.97 Å². The third-order valence-electron chi connectivity index (χ3n) is 7.98. The molecule has 1 unspecified atom stereocenters. The summed E-state index contributed by atoms with van der Waals surface area (Å²) in [6, 6.07) is 22.5. The first-order chi connectivity index (χ1) is 18.3. The smallest absolute Gasteiger partial charge is 0.115 e. The first-order valence-electron chi connectivity index (χ1n) is 14.5. The molecule has 0 aliphatic heterocycles. The highest BCUT2D eigenvalue weighted by Crippen LogP contribution is 2.41. The number of rotatable bonds is 10. The lowest BCUT2D eigenvalue weighted by Gasteiger charge is -2.37. The molecule has 1 aromatic heterocycles. The van der Waals surface area contributed by atoms with E-state index in [0.29, 0.717) is 17.2 Å². The fraction of sp³-hybridized carbons (Fsp3) is 0.471. The summed E-state index contributed by atoms with van der Waals surface area (Å²) in [4.78, 5) is 10.6. The Kier molecular flexibility index (Phi) is 11.4. The Hall–Kier alpha value is -3.14. The van der Waals surface area contributed by atoms with E-state index in [1.165, 1.54) is 81.9 Å². The lowest BCUT2D eigenvalue weighted by molar-refractivity contribution is 0.191. The van der Waals surface area contributed by atoms with Crippen LogP contribution in [0.15, 0.2) is 73.6 Å². The SMILES string of the molecule is C=C(N)c1c(C)ncnc1C.CCCC(CCCC1(C)CCCCC1)N(c1ccccc1)c1ccccc1. The summed E-state index contributed by atoms with van der Waals surface area (Å²) >= 11 is 0. The minimum Gasteiger partial charge on any atom is -0.399 e. The van der Waals surface area contributed by atoms with Gasteiger partial charge >= 0.3 is 0 Å².